The van der Waals surface area contributed by atoms with Crippen molar-refractivity contribution in [1.29, 1.82) is 0 Å². The monoisotopic (exact) mass is 190 g/mol. The second-order valence-corrected chi connectivity index (χ2v) is 3.33. The molecule has 0 atom stereocenters. The van der Waals surface area contributed by atoms with Crippen LogP contribution >= 0.6 is 0 Å². The molecule has 0 unspecified atom stereocenters. The van der Waals surface area contributed by atoms with E-state index >= 15 is 0 Å². The number of carbonyl (C=O) groups is 2. The zero-order valence-corrected chi connectivity index (χ0v) is 8.54. The molecular weight excluding hydrogens is 176 g/mol. The highest BCUT2D eigenvalue weighted by Crippen LogP contribution is 2.06. The molecule has 74 valence electrons. The lowest BCUT2D eigenvalue weighted by Gasteiger charge is -2.00. The van der Waals surface area contributed by atoms with Crippen molar-refractivity contribution < 1.29 is 9.59 Å². The maximum atomic E-state index is 11.1. The van der Waals surface area contributed by atoms with Gasteiger partial charge in [-0.2, -0.15) is 0 Å². The van der Waals surface area contributed by atoms with Gasteiger partial charge in [-0.15, -0.1) is 0 Å². The van der Waals surface area contributed by atoms with Crippen LogP contribution in [0.3, 0.4) is 0 Å². The summed E-state index contributed by atoms with van der Waals surface area (Å²) in [5.74, 6) is -0.696. The maximum Gasteiger partial charge on any atom is 0.202 e. The SMILES string of the molecule is CCc1ccc(CC(=O)C(C)=O)cc1. The van der Waals surface area contributed by atoms with Gasteiger partial charge in [-0.3, -0.25) is 9.59 Å². The Morgan fingerprint density at radius 2 is 1.57 bits per heavy atom. The fourth-order valence-corrected chi connectivity index (χ4v) is 1.20. The van der Waals surface area contributed by atoms with Crippen LogP contribution in [0.15, 0.2) is 24.3 Å². The van der Waals surface area contributed by atoms with Gasteiger partial charge in [0.1, 0.15) is 0 Å². The minimum absolute atomic E-state index is 0.222. The average Bonchev–Trinajstić information content (AvgIpc) is 2.19. The molecule has 0 aromatic heterocycles. The molecular formula is C12H14O2. The van der Waals surface area contributed by atoms with Gasteiger partial charge in [-0.25, -0.2) is 0 Å². The lowest BCUT2D eigenvalue weighted by molar-refractivity contribution is -0.134. The van der Waals surface area contributed by atoms with Gasteiger partial charge in [-0.1, -0.05) is 31.2 Å². The van der Waals surface area contributed by atoms with Crippen LogP contribution in [0, 0.1) is 0 Å². The van der Waals surface area contributed by atoms with Crippen molar-refractivity contribution in [2.24, 2.45) is 0 Å². The quantitative estimate of drug-likeness (QED) is 0.680. The normalized spacial score (nSPS) is 9.86. The Hall–Kier alpha value is -1.44. The van der Waals surface area contributed by atoms with Crippen molar-refractivity contribution in [2.45, 2.75) is 26.7 Å². The van der Waals surface area contributed by atoms with Gasteiger partial charge >= 0.3 is 0 Å². The van der Waals surface area contributed by atoms with Crippen molar-refractivity contribution in [2.75, 3.05) is 0 Å². The third-order valence-corrected chi connectivity index (χ3v) is 2.19. The summed E-state index contributed by atoms with van der Waals surface area (Å²) >= 11 is 0. The fraction of sp³-hybridized carbons (Fsp3) is 0.333. The largest absolute Gasteiger partial charge is 0.291 e. The van der Waals surface area contributed by atoms with Crippen LogP contribution in [-0.4, -0.2) is 11.6 Å². The summed E-state index contributed by atoms with van der Waals surface area (Å²) in [7, 11) is 0. The molecule has 2 nitrogen and oxygen atoms in total. The first-order valence-corrected chi connectivity index (χ1v) is 4.75. The van der Waals surface area contributed by atoms with Crippen LogP contribution in [-0.2, 0) is 22.4 Å². The molecule has 0 amide bonds. The number of Topliss-reactive ketones (excluding diaryl/α,β-unsaturated/α-hetero) is 2. The number of carbonyl (C=O) groups excluding carboxylic acids is 2. The van der Waals surface area contributed by atoms with Crippen molar-refractivity contribution in [3.63, 3.8) is 0 Å². The summed E-state index contributed by atoms with van der Waals surface area (Å²) in [6, 6.07) is 7.78. The average molecular weight is 190 g/mol. The van der Waals surface area contributed by atoms with Gasteiger partial charge in [0.2, 0.25) is 5.78 Å². The zero-order chi connectivity index (χ0) is 10.6. The molecule has 0 spiro atoms. The number of benzene rings is 1. The molecule has 0 saturated carbocycles. The summed E-state index contributed by atoms with van der Waals surface area (Å²) in [6.07, 6.45) is 1.21. The highest BCUT2D eigenvalue weighted by atomic mass is 16.2. The highest BCUT2D eigenvalue weighted by Gasteiger charge is 2.08. The number of rotatable bonds is 4. The van der Waals surface area contributed by atoms with Crippen LogP contribution in [0.25, 0.3) is 0 Å². The third-order valence-electron chi connectivity index (χ3n) is 2.19. The van der Waals surface area contributed by atoms with E-state index in [4.69, 9.17) is 0 Å². The maximum absolute atomic E-state index is 11.1. The van der Waals surface area contributed by atoms with E-state index in [1.54, 1.807) is 0 Å². The van der Waals surface area contributed by atoms with Gasteiger partial charge in [0.05, 0.1) is 0 Å². The van der Waals surface area contributed by atoms with E-state index in [2.05, 4.69) is 6.92 Å². The molecule has 0 aliphatic rings. The summed E-state index contributed by atoms with van der Waals surface area (Å²) in [4.78, 5) is 21.8. The summed E-state index contributed by atoms with van der Waals surface area (Å²) in [5, 5.41) is 0. The van der Waals surface area contributed by atoms with E-state index in [9.17, 15) is 9.59 Å². The van der Waals surface area contributed by atoms with Gasteiger partial charge < -0.3 is 0 Å². The van der Waals surface area contributed by atoms with Crippen molar-refractivity contribution in [3.8, 4) is 0 Å². The first kappa shape index (κ1) is 10.6. The van der Waals surface area contributed by atoms with Gasteiger partial charge in [-0.05, 0) is 17.5 Å². The minimum Gasteiger partial charge on any atom is -0.291 e. The van der Waals surface area contributed by atoms with Crippen LogP contribution in [0.2, 0.25) is 0 Å². The predicted octanol–water partition coefficient (Wildman–Crippen LogP) is 1.95. The van der Waals surface area contributed by atoms with E-state index in [-0.39, 0.29) is 18.0 Å². The first-order chi connectivity index (χ1) is 6.63. The Labute approximate surface area is 83.9 Å². The van der Waals surface area contributed by atoms with Crippen LogP contribution in [0.1, 0.15) is 25.0 Å². The Morgan fingerprint density at radius 1 is 1.07 bits per heavy atom. The summed E-state index contributed by atoms with van der Waals surface area (Å²) in [5.41, 5.74) is 2.14. The summed E-state index contributed by atoms with van der Waals surface area (Å²) in [6.45, 7) is 3.39. The number of hydrogen-bond acceptors (Lipinski definition) is 2. The second-order valence-electron chi connectivity index (χ2n) is 3.33. The van der Waals surface area contributed by atoms with E-state index < -0.39 is 0 Å². The fourth-order valence-electron chi connectivity index (χ4n) is 1.20. The highest BCUT2D eigenvalue weighted by molar-refractivity contribution is 6.36. The van der Waals surface area contributed by atoms with E-state index in [1.807, 2.05) is 24.3 Å². The lowest BCUT2D eigenvalue weighted by atomic mass is 10.0. The first-order valence-electron chi connectivity index (χ1n) is 4.75. The Bertz CT molecular complexity index is 336. The molecule has 0 fully saturated rings. The second kappa shape index (κ2) is 4.70. The number of ketones is 2. The van der Waals surface area contributed by atoms with Gasteiger partial charge in [0.25, 0.3) is 0 Å². The zero-order valence-electron chi connectivity index (χ0n) is 8.54. The third kappa shape index (κ3) is 2.80. The van der Waals surface area contributed by atoms with Gasteiger partial charge in [0, 0.05) is 13.3 Å². The van der Waals surface area contributed by atoms with E-state index in [0.29, 0.717) is 0 Å². The van der Waals surface area contributed by atoms with Crippen LogP contribution in [0.4, 0.5) is 0 Å². The Kier molecular flexibility index (Phi) is 3.57. The predicted molar refractivity (Wildman–Crippen MR) is 55.2 cm³/mol. The molecule has 1 aromatic rings. The van der Waals surface area contributed by atoms with E-state index in [0.717, 1.165) is 12.0 Å². The number of aryl methyl sites for hydroxylation is 1. The Balaban J connectivity index is 2.69. The molecule has 0 saturated heterocycles. The standard InChI is InChI=1S/C12H14O2/c1-3-10-4-6-11(7-5-10)8-12(14)9(2)13/h4-7H,3,8H2,1-2H3. The molecule has 14 heavy (non-hydrogen) atoms. The summed E-state index contributed by atoms with van der Waals surface area (Å²) < 4.78 is 0. The van der Waals surface area contributed by atoms with Crippen molar-refractivity contribution in [1.82, 2.24) is 0 Å². The van der Waals surface area contributed by atoms with Crippen molar-refractivity contribution in [3.05, 3.63) is 35.4 Å². The molecule has 2 heteroatoms. The van der Waals surface area contributed by atoms with E-state index in [1.165, 1.54) is 12.5 Å². The smallest absolute Gasteiger partial charge is 0.202 e. The molecule has 0 aliphatic heterocycles. The van der Waals surface area contributed by atoms with Crippen LogP contribution < -0.4 is 0 Å². The van der Waals surface area contributed by atoms with Gasteiger partial charge in [0.15, 0.2) is 5.78 Å². The molecule has 0 radical (unpaired) electrons. The Morgan fingerprint density at radius 3 is 2.00 bits per heavy atom. The molecule has 0 heterocycles. The molecule has 0 bridgehead atoms. The number of hydrogen-bond donors (Lipinski definition) is 0. The lowest BCUT2D eigenvalue weighted by Crippen LogP contribution is -2.12. The minimum atomic E-state index is -0.371. The van der Waals surface area contributed by atoms with Crippen molar-refractivity contribution >= 4 is 11.6 Å². The molecule has 1 rings (SSSR count). The molecule has 0 aliphatic carbocycles. The molecule has 1 aromatic carbocycles. The molecule has 0 N–H and O–H groups in total. The van der Waals surface area contributed by atoms with Crippen LogP contribution in [0.5, 0.6) is 0 Å². The topological polar surface area (TPSA) is 34.1 Å².